The van der Waals surface area contributed by atoms with Gasteiger partial charge in [-0.1, -0.05) is 188 Å². The maximum atomic E-state index is 5.10. The fraction of sp³-hybridized carbons (Fsp3) is 0.0172. The summed E-state index contributed by atoms with van der Waals surface area (Å²) in [4.78, 5) is 15.1. The van der Waals surface area contributed by atoms with Crippen molar-refractivity contribution in [1.82, 2.24) is 15.0 Å². The number of benzene rings is 9. The molecule has 2 aromatic heterocycles. The van der Waals surface area contributed by atoms with Gasteiger partial charge in [0.1, 0.15) is 0 Å². The SMILES string of the molecule is c1ccc(-c2nc(-c3ccc(-c4ccc(-c5cccc6c5-c5ccccc5C65c6ccccc6-c6ccccc65)cc4)cc3)nc(-c3ccc4sc5ccccc5c4c3)n2)cc1. The van der Waals surface area contributed by atoms with E-state index in [9.17, 15) is 0 Å². The molecule has 1 spiro atoms. The lowest BCUT2D eigenvalue weighted by molar-refractivity contribution is 0.794. The largest absolute Gasteiger partial charge is 0.208 e. The van der Waals surface area contributed by atoms with Crippen LogP contribution in [0.2, 0.25) is 0 Å². The molecular weight excluding hydrogens is 771 g/mol. The van der Waals surface area contributed by atoms with Gasteiger partial charge in [0.15, 0.2) is 17.5 Å². The molecule has 0 saturated heterocycles. The molecule has 2 aliphatic carbocycles. The van der Waals surface area contributed by atoms with Crippen LogP contribution in [-0.4, -0.2) is 15.0 Å². The Morgan fingerprint density at radius 3 is 1.42 bits per heavy atom. The molecule has 0 aliphatic heterocycles. The molecule has 0 atom stereocenters. The summed E-state index contributed by atoms with van der Waals surface area (Å²) in [6.07, 6.45) is 0. The normalized spacial score (nSPS) is 13.0. The van der Waals surface area contributed by atoms with E-state index in [1.165, 1.54) is 75.8 Å². The predicted molar refractivity (Wildman–Crippen MR) is 256 cm³/mol. The third kappa shape index (κ3) is 5.14. The molecular formula is C58H35N3S. The standard InChI is InChI=1S/C58H35N3S/c1-2-13-39(14-3-1)55-59-56(61-57(60-55)41-33-34-53-47(35-41)45-17-7-11-24-52(45)62-53)40-31-27-37(28-32-40)36-25-29-38(30-26-36)42-19-12-23-51-54(42)46-18-6-10-22-50(46)58(51)48-20-8-4-15-43(48)44-16-5-9-21-49(44)58/h1-35H. The van der Waals surface area contributed by atoms with E-state index in [-0.39, 0.29) is 5.41 Å². The van der Waals surface area contributed by atoms with Gasteiger partial charge in [-0.05, 0) is 91.0 Å². The van der Waals surface area contributed by atoms with Gasteiger partial charge in [0.2, 0.25) is 0 Å². The highest BCUT2D eigenvalue weighted by Crippen LogP contribution is 2.63. The molecule has 0 N–H and O–H groups in total. The highest BCUT2D eigenvalue weighted by Gasteiger charge is 2.51. The van der Waals surface area contributed by atoms with Gasteiger partial charge in [0.05, 0.1) is 5.41 Å². The third-order valence-corrected chi connectivity index (χ3v) is 14.1. The lowest BCUT2D eigenvalue weighted by atomic mass is 9.70. The summed E-state index contributed by atoms with van der Waals surface area (Å²) in [5, 5.41) is 2.47. The Balaban J connectivity index is 0.867. The van der Waals surface area contributed by atoms with Gasteiger partial charge in [-0.25, -0.2) is 15.0 Å². The molecule has 288 valence electrons. The Bertz CT molecular complexity index is 3520. The first-order valence-electron chi connectivity index (χ1n) is 21.1. The molecule has 9 aromatic carbocycles. The molecule has 3 nitrogen and oxygen atoms in total. The fourth-order valence-electron chi connectivity index (χ4n) is 10.3. The first-order chi connectivity index (χ1) is 30.7. The number of thiophene rings is 1. The quantitative estimate of drug-likeness (QED) is 0.174. The summed E-state index contributed by atoms with van der Waals surface area (Å²) < 4.78 is 2.53. The van der Waals surface area contributed by atoms with Crippen LogP contribution in [-0.2, 0) is 5.41 Å². The number of rotatable bonds is 5. The van der Waals surface area contributed by atoms with Gasteiger partial charge in [0, 0.05) is 36.9 Å². The van der Waals surface area contributed by atoms with E-state index in [1.807, 2.05) is 29.5 Å². The molecule has 0 unspecified atom stereocenters. The molecule has 0 radical (unpaired) electrons. The first kappa shape index (κ1) is 35.0. The minimum atomic E-state index is -0.357. The van der Waals surface area contributed by atoms with Crippen LogP contribution in [0.4, 0.5) is 0 Å². The van der Waals surface area contributed by atoms with Crippen LogP contribution in [0.5, 0.6) is 0 Å². The zero-order chi connectivity index (χ0) is 40.8. The van der Waals surface area contributed by atoms with Crippen molar-refractivity contribution in [2.45, 2.75) is 5.41 Å². The first-order valence-corrected chi connectivity index (χ1v) is 21.9. The molecule has 0 amide bonds. The van der Waals surface area contributed by atoms with Crippen LogP contribution < -0.4 is 0 Å². The molecule has 0 saturated carbocycles. The van der Waals surface area contributed by atoms with Gasteiger partial charge in [0.25, 0.3) is 0 Å². The summed E-state index contributed by atoms with van der Waals surface area (Å²) in [5.41, 5.74) is 18.0. The Labute approximate surface area is 363 Å². The summed E-state index contributed by atoms with van der Waals surface area (Å²) in [7, 11) is 0. The van der Waals surface area contributed by atoms with Gasteiger partial charge < -0.3 is 0 Å². The monoisotopic (exact) mass is 805 g/mol. The number of fused-ring (bicyclic) bond motifs is 13. The van der Waals surface area contributed by atoms with Crippen molar-refractivity contribution in [2.24, 2.45) is 0 Å². The van der Waals surface area contributed by atoms with E-state index >= 15 is 0 Å². The number of aromatic nitrogens is 3. The maximum Gasteiger partial charge on any atom is 0.164 e. The highest BCUT2D eigenvalue weighted by atomic mass is 32.1. The van der Waals surface area contributed by atoms with E-state index in [0.717, 1.165) is 27.8 Å². The lowest BCUT2D eigenvalue weighted by Crippen LogP contribution is -2.25. The smallest absolute Gasteiger partial charge is 0.164 e. The minimum absolute atomic E-state index is 0.357. The van der Waals surface area contributed by atoms with Gasteiger partial charge in [-0.3, -0.25) is 0 Å². The average Bonchev–Trinajstić information content (AvgIpc) is 3.98. The van der Waals surface area contributed by atoms with E-state index in [0.29, 0.717) is 17.5 Å². The Morgan fingerprint density at radius 1 is 0.290 bits per heavy atom. The van der Waals surface area contributed by atoms with Crippen LogP contribution in [0.15, 0.2) is 212 Å². The van der Waals surface area contributed by atoms with Crippen molar-refractivity contribution in [3.63, 3.8) is 0 Å². The number of nitrogens with zero attached hydrogens (tertiary/aromatic N) is 3. The second-order valence-corrected chi connectivity index (χ2v) is 17.3. The molecule has 4 heteroatoms. The van der Waals surface area contributed by atoms with Crippen LogP contribution >= 0.6 is 11.3 Å². The van der Waals surface area contributed by atoms with Gasteiger partial charge >= 0.3 is 0 Å². The Kier molecular flexibility index (Phi) is 7.69. The van der Waals surface area contributed by atoms with Crippen LogP contribution in [0, 0.1) is 0 Å². The molecule has 0 fully saturated rings. The molecule has 62 heavy (non-hydrogen) atoms. The molecule has 2 heterocycles. The topological polar surface area (TPSA) is 38.7 Å². The van der Waals surface area contributed by atoms with E-state index in [4.69, 9.17) is 15.0 Å². The molecule has 13 rings (SSSR count). The van der Waals surface area contributed by atoms with E-state index < -0.39 is 0 Å². The lowest BCUT2D eigenvalue weighted by Gasteiger charge is -2.30. The molecule has 0 bridgehead atoms. The van der Waals surface area contributed by atoms with Gasteiger partial charge in [-0.15, -0.1) is 11.3 Å². The van der Waals surface area contributed by atoms with Gasteiger partial charge in [-0.2, -0.15) is 0 Å². The van der Waals surface area contributed by atoms with Crippen molar-refractivity contribution in [2.75, 3.05) is 0 Å². The van der Waals surface area contributed by atoms with E-state index in [2.05, 4.69) is 194 Å². The number of hydrogen-bond donors (Lipinski definition) is 0. The van der Waals surface area contributed by atoms with Crippen LogP contribution in [0.25, 0.3) is 98.8 Å². The molecule has 2 aliphatic rings. The van der Waals surface area contributed by atoms with Crippen molar-refractivity contribution in [1.29, 1.82) is 0 Å². The van der Waals surface area contributed by atoms with Crippen molar-refractivity contribution in [3.8, 4) is 78.7 Å². The predicted octanol–water partition coefficient (Wildman–Crippen LogP) is 14.9. The highest BCUT2D eigenvalue weighted by molar-refractivity contribution is 7.25. The van der Waals surface area contributed by atoms with Crippen LogP contribution in [0.1, 0.15) is 22.3 Å². The summed E-state index contributed by atoms with van der Waals surface area (Å²) in [5.74, 6) is 1.96. The van der Waals surface area contributed by atoms with E-state index in [1.54, 1.807) is 0 Å². The zero-order valence-electron chi connectivity index (χ0n) is 33.5. The van der Waals surface area contributed by atoms with Crippen molar-refractivity contribution >= 4 is 31.5 Å². The zero-order valence-corrected chi connectivity index (χ0v) is 34.3. The fourth-order valence-corrected chi connectivity index (χ4v) is 11.3. The summed E-state index contributed by atoms with van der Waals surface area (Å²) >= 11 is 1.81. The third-order valence-electron chi connectivity index (χ3n) is 13.0. The maximum absolute atomic E-state index is 5.10. The Morgan fingerprint density at radius 2 is 0.742 bits per heavy atom. The van der Waals surface area contributed by atoms with Crippen LogP contribution in [0.3, 0.4) is 0 Å². The minimum Gasteiger partial charge on any atom is -0.208 e. The molecule has 11 aromatic rings. The van der Waals surface area contributed by atoms with Crippen molar-refractivity contribution in [3.05, 3.63) is 235 Å². The average molecular weight is 806 g/mol. The summed E-state index contributed by atoms with van der Waals surface area (Å²) in [6, 6.07) is 76.9. The second kappa shape index (κ2) is 13.6. The van der Waals surface area contributed by atoms with Crippen molar-refractivity contribution < 1.29 is 0 Å². The second-order valence-electron chi connectivity index (χ2n) is 16.3. The number of hydrogen-bond acceptors (Lipinski definition) is 4. The Hall–Kier alpha value is -7.79. The summed E-state index contributed by atoms with van der Waals surface area (Å²) in [6.45, 7) is 0.